The smallest absolute Gasteiger partial charge is 0.241 e. The van der Waals surface area contributed by atoms with Crippen molar-refractivity contribution in [3.8, 4) is 0 Å². The van der Waals surface area contributed by atoms with E-state index in [1.807, 2.05) is 0 Å². The van der Waals surface area contributed by atoms with Gasteiger partial charge in [0.15, 0.2) is 0 Å². The Morgan fingerprint density at radius 3 is 2.69 bits per heavy atom. The Hall–Kier alpha value is -2.25. The average molecular weight is 376 g/mol. The molecule has 0 saturated carbocycles. The second-order valence-corrected chi connectivity index (χ2v) is 8.28. The van der Waals surface area contributed by atoms with Crippen molar-refractivity contribution in [1.82, 2.24) is 4.72 Å². The molecule has 2 aromatic rings. The number of aryl methyl sites for hydroxylation is 2. The highest BCUT2D eigenvalue weighted by Gasteiger charge is 2.26. The van der Waals surface area contributed by atoms with Crippen molar-refractivity contribution in [2.75, 3.05) is 5.32 Å². The first-order chi connectivity index (χ1) is 12.3. The van der Waals surface area contributed by atoms with Crippen LogP contribution in [0.1, 0.15) is 42.5 Å². The molecule has 3 rings (SSSR count). The fourth-order valence-corrected chi connectivity index (χ4v) is 4.53. The van der Waals surface area contributed by atoms with Gasteiger partial charge in [-0.05, 0) is 67.1 Å². The Kier molecular flexibility index (Phi) is 5.11. The van der Waals surface area contributed by atoms with Crippen LogP contribution in [0, 0.1) is 12.7 Å². The maximum Gasteiger partial charge on any atom is 0.241 e. The van der Waals surface area contributed by atoms with E-state index >= 15 is 0 Å². The zero-order valence-corrected chi connectivity index (χ0v) is 15.5. The molecule has 2 N–H and O–H groups in total. The van der Waals surface area contributed by atoms with Gasteiger partial charge in [-0.2, -0.15) is 0 Å². The largest absolute Gasteiger partial charge is 0.326 e. The van der Waals surface area contributed by atoms with Crippen molar-refractivity contribution in [3.63, 3.8) is 0 Å². The van der Waals surface area contributed by atoms with Crippen molar-refractivity contribution in [3.05, 3.63) is 58.9 Å². The van der Waals surface area contributed by atoms with Gasteiger partial charge in [0.1, 0.15) is 5.82 Å². The van der Waals surface area contributed by atoms with Crippen LogP contribution in [0.5, 0.6) is 0 Å². The van der Waals surface area contributed by atoms with Crippen LogP contribution in [0.4, 0.5) is 10.1 Å². The van der Waals surface area contributed by atoms with E-state index in [-0.39, 0.29) is 16.6 Å². The van der Waals surface area contributed by atoms with Gasteiger partial charge in [0.2, 0.25) is 15.9 Å². The number of benzene rings is 2. The molecule has 0 bridgehead atoms. The molecule has 138 valence electrons. The minimum Gasteiger partial charge on any atom is -0.326 e. The van der Waals surface area contributed by atoms with Crippen LogP contribution in [-0.4, -0.2) is 14.3 Å². The lowest BCUT2D eigenvalue weighted by atomic mass is 9.88. The number of fused-ring (bicyclic) bond motifs is 1. The number of carbonyl (C=O) groups is 1. The number of sulfonamides is 1. The minimum atomic E-state index is -3.78. The molecule has 5 nitrogen and oxygen atoms in total. The van der Waals surface area contributed by atoms with Gasteiger partial charge in [-0.3, -0.25) is 4.79 Å². The van der Waals surface area contributed by atoms with E-state index in [1.165, 1.54) is 31.2 Å². The average Bonchev–Trinajstić information content (AvgIpc) is 2.56. The summed E-state index contributed by atoms with van der Waals surface area (Å²) < 4.78 is 41.8. The number of amides is 1. The third kappa shape index (κ3) is 3.94. The highest BCUT2D eigenvalue weighted by atomic mass is 32.2. The van der Waals surface area contributed by atoms with Gasteiger partial charge in [0.05, 0.1) is 4.90 Å². The SMILES string of the molecule is CC(=O)Nc1cc(S(=O)(=O)NC2CCCc3cc(F)ccc32)ccc1C. The summed E-state index contributed by atoms with van der Waals surface area (Å²) in [6.07, 6.45) is 2.18. The number of halogens is 1. The molecule has 1 unspecified atom stereocenters. The fourth-order valence-electron chi connectivity index (χ4n) is 3.25. The highest BCUT2D eigenvalue weighted by molar-refractivity contribution is 7.89. The van der Waals surface area contributed by atoms with Crippen LogP contribution in [0.2, 0.25) is 0 Å². The molecule has 0 spiro atoms. The van der Waals surface area contributed by atoms with E-state index in [0.29, 0.717) is 12.1 Å². The van der Waals surface area contributed by atoms with Gasteiger partial charge in [0, 0.05) is 18.7 Å². The second-order valence-electron chi connectivity index (χ2n) is 6.57. The molecule has 0 saturated heterocycles. The summed E-state index contributed by atoms with van der Waals surface area (Å²) in [4.78, 5) is 11.4. The molecule has 0 radical (unpaired) electrons. The molecule has 0 heterocycles. The number of rotatable bonds is 4. The van der Waals surface area contributed by atoms with E-state index in [2.05, 4.69) is 10.0 Å². The topological polar surface area (TPSA) is 75.3 Å². The Morgan fingerprint density at radius 1 is 1.19 bits per heavy atom. The van der Waals surface area contributed by atoms with Gasteiger partial charge in [-0.1, -0.05) is 12.1 Å². The molecular weight excluding hydrogens is 355 g/mol. The molecule has 2 aromatic carbocycles. The number of anilines is 1. The van der Waals surface area contributed by atoms with Gasteiger partial charge in [-0.25, -0.2) is 17.5 Å². The summed E-state index contributed by atoms with van der Waals surface area (Å²) in [5.74, 6) is -0.579. The standard InChI is InChI=1S/C19H21FN2O3S/c1-12-6-8-16(11-19(12)21-13(2)23)26(24,25)22-18-5-3-4-14-10-15(20)7-9-17(14)18/h6-11,18,22H,3-5H2,1-2H3,(H,21,23). The monoisotopic (exact) mass is 376 g/mol. The van der Waals surface area contributed by atoms with E-state index in [1.54, 1.807) is 19.1 Å². The first-order valence-corrected chi connectivity index (χ1v) is 9.93. The lowest BCUT2D eigenvalue weighted by Gasteiger charge is -2.26. The molecule has 7 heteroatoms. The summed E-state index contributed by atoms with van der Waals surface area (Å²) in [6.45, 7) is 3.16. The van der Waals surface area contributed by atoms with Crippen molar-refractivity contribution in [2.24, 2.45) is 0 Å². The van der Waals surface area contributed by atoms with Crippen molar-refractivity contribution < 1.29 is 17.6 Å². The molecule has 1 amide bonds. The molecule has 1 aliphatic rings. The summed E-state index contributed by atoms with van der Waals surface area (Å²) in [5, 5.41) is 2.64. The zero-order chi connectivity index (χ0) is 18.9. The predicted octanol–water partition coefficient (Wildman–Crippen LogP) is 3.45. The summed E-state index contributed by atoms with van der Waals surface area (Å²) in [6, 6.07) is 8.70. The Morgan fingerprint density at radius 2 is 1.96 bits per heavy atom. The van der Waals surface area contributed by atoms with Gasteiger partial charge < -0.3 is 5.32 Å². The molecule has 1 atom stereocenters. The van der Waals surface area contributed by atoms with Crippen LogP contribution in [-0.2, 0) is 21.2 Å². The molecule has 0 fully saturated rings. The second kappa shape index (κ2) is 7.17. The third-order valence-corrected chi connectivity index (χ3v) is 6.02. The van der Waals surface area contributed by atoms with E-state index in [0.717, 1.165) is 29.5 Å². The van der Waals surface area contributed by atoms with Gasteiger partial charge in [0.25, 0.3) is 0 Å². The lowest BCUT2D eigenvalue weighted by Crippen LogP contribution is -2.31. The number of hydrogen-bond acceptors (Lipinski definition) is 3. The normalized spacial score (nSPS) is 16.8. The van der Waals surface area contributed by atoms with E-state index < -0.39 is 16.1 Å². The predicted molar refractivity (Wildman–Crippen MR) is 97.9 cm³/mol. The van der Waals surface area contributed by atoms with Crippen molar-refractivity contribution in [1.29, 1.82) is 0 Å². The van der Waals surface area contributed by atoms with Crippen molar-refractivity contribution >= 4 is 21.6 Å². The number of hydrogen-bond donors (Lipinski definition) is 2. The Bertz CT molecular complexity index is 957. The van der Waals surface area contributed by atoms with Crippen LogP contribution in [0.25, 0.3) is 0 Å². The summed E-state index contributed by atoms with van der Waals surface area (Å²) in [5.41, 5.74) is 2.89. The first-order valence-electron chi connectivity index (χ1n) is 8.45. The van der Waals surface area contributed by atoms with Crippen molar-refractivity contribution in [2.45, 2.75) is 44.0 Å². The molecule has 0 aromatic heterocycles. The van der Waals surface area contributed by atoms with Crippen LogP contribution >= 0.6 is 0 Å². The maximum absolute atomic E-state index is 13.4. The van der Waals surface area contributed by atoms with Gasteiger partial charge in [-0.15, -0.1) is 0 Å². The number of nitrogens with one attached hydrogen (secondary N) is 2. The highest BCUT2D eigenvalue weighted by Crippen LogP contribution is 2.32. The molecule has 0 aliphatic heterocycles. The first kappa shape index (κ1) is 18.5. The lowest BCUT2D eigenvalue weighted by molar-refractivity contribution is -0.114. The van der Waals surface area contributed by atoms with E-state index in [4.69, 9.17) is 0 Å². The Labute approximate surface area is 152 Å². The Balaban J connectivity index is 1.90. The van der Waals surface area contributed by atoms with Crippen LogP contribution in [0.3, 0.4) is 0 Å². The molecular formula is C19H21FN2O3S. The number of carbonyl (C=O) groups excluding carboxylic acids is 1. The fraction of sp³-hybridized carbons (Fsp3) is 0.316. The van der Waals surface area contributed by atoms with Gasteiger partial charge >= 0.3 is 0 Å². The maximum atomic E-state index is 13.4. The summed E-state index contributed by atoms with van der Waals surface area (Å²) >= 11 is 0. The quantitative estimate of drug-likeness (QED) is 0.858. The molecule has 26 heavy (non-hydrogen) atoms. The van der Waals surface area contributed by atoms with Crippen LogP contribution in [0.15, 0.2) is 41.3 Å². The van der Waals surface area contributed by atoms with Crippen LogP contribution < -0.4 is 10.0 Å². The zero-order valence-electron chi connectivity index (χ0n) is 14.7. The third-order valence-electron chi connectivity index (χ3n) is 4.55. The summed E-state index contributed by atoms with van der Waals surface area (Å²) in [7, 11) is -3.78. The minimum absolute atomic E-state index is 0.0843. The molecule has 1 aliphatic carbocycles. The van der Waals surface area contributed by atoms with E-state index in [9.17, 15) is 17.6 Å².